The van der Waals surface area contributed by atoms with Gasteiger partial charge in [-0.05, 0) is 42.7 Å². The molecule has 0 fully saturated rings. The van der Waals surface area contributed by atoms with E-state index in [0.29, 0.717) is 30.8 Å². The van der Waals surface area contributed by atoms with Gasteiger partial charge in [-0.3, -0.25) is 4.57 Å². The summed E-state index contributed by atoms with van der Waals surface area (Å²) in [5.74, 6) is 0.473. The zero-order valence-corrected chi connectivity index (χ0v) is 12.5. The van der Waals surface area contributed by atoms with Crippen LogP contribution in [-0.4, -0.2) is 16.2 Å². The van der Waals surface area contributed by atoms with E-state index in [2.05, 4.69) is 24.0 Å². The van der Waals surface area contributed by atoms with Crippen LogP contribution < -0.4 is 10.5 Å². The van der Waals surface area contributed by atoms with Gasteiger partial charge in [0, 0.05) is 12.7 Å². The van der Waals surface area contributed by atoms with Crippen LogP contribution in [0, 0.1) is 0 Å². The molecular weight excluding hydrogens is 280 g/mol. The highest BCUT2D eigenvalue weighted by atomic mass is 16.5. The normalized spacial score (nSPS) is 11.0. The Kier molecular flexibility index (Phi) is 4.23. The predicted octanol–water partition coefficient (Wildman–Crippen LogP) is 3.02. The first kappa shape index (κ1) is 14.4. The molecule has 0 saturated carbocycles. The average Bonchev–Trinajstić information content (AvgIpc) is 2.88. The fourth-order valence-corrected chi connectivity index (χ4v) is 2.33. The molecule has 0 aliphatic rings. The number of hydrogen-bond donors (Lipinski definition) is 0. The van der Waals surface area contributed by atoms with Crippen LogP contribution in [0.2, 0.25) is 0 Å². The van der Waals surface area contributed by atoms with Gasteiger partial charge in [-0.15, -0.1) is 0 Å². The molecule has 0 saturated heterocycles. The Morgan fingerprint density at radius 1 is 1.23 bits per heavy atom. The van der Waals surface area contributed by atoms with Crippen LogP contribution in [0.4, 0.5) is 0 Å². The van der Waals surface area contributed by atoms with E-state index in [1.807, 2.05) is 12.1 Å². The van der Waals surface area contributed by atoms with Crippen molar-refractivity contribution in [1.29, 1.82) is 0 Å². The molecule has 2 aromatic heterocycles. The minimum Gasteiger partial charge on any atom is -0.494 e. The summed E-state index contributed by atoms with van der Waals surface area (Å²) in [6, 6.07) is 11.6. The number of oxazole rings is 1. The smallest absolute Gasteiger partial charge is 0.421 e. The van der Waals surface area contributed by atoms with Gasteiger partial charge >= 0.3 is 5.76 Å². The maximum atomic E-state index is 11.8. The van der Waals surface area contributed by atoms with Crippen molar-refractivity contribution < 1.29 is 9.15 Å². The van der Waals surface area contributed by atoms with Crippen LogP contribution in [-0.2, 0) is 13.0 Å². The van der Waals surface area contributed by atoms with E-state index in [4.69, 9.17) is 9.15 Å². The van der Waals surface area contributed by atoms with Crippen LogP contribution in [0.5, 0.6) is 5.75 Å². The molecule has 22 heavy (non-hydrogen) atoms. The van der Waals surface area contributed by atoms with Crippen molar-refractivity contribution in [2.45, 2.75) is 26.3 Å². The minimum absolute atomic E-state index is 0.374. The number of aromatic nitrogens is 2. The lowest BCUT2D eigenvalue weighted by Gasteiger charge is -2.07. The van der Waals surface area contributed by atoms with E-state index in [1.54, 1.807) is 22.9 Å². The van der Waals surface area contributed by atoms with Gasteiger partial charge in [0.15, 0.2) is 11.2 Å². The number of aryl methyl sites for hydroxylation is 2. The first-order chi connectivity index (χ1) is 10.8. The maximum absolute atomic E-state index is 11.8. The molecule has 0 aliphatic carbocycles. The van der Waals surface area contributed by atoms with Crippen molar-refractivity contribution in [3.05, 3.63) is 58.7 Å². The molecule has 3 aromatic rings. The first-order valence-corrected chi connectivity index (χ1v) is 7.44. The van der Waals surface area contributed by atoms with Crippen LogP contribution in [0.25, 0.3) is 11.2 Å². The van der Waals surface area contributed by atoms with Crippen LogP contribution in [0.15, 0.2) is 51.8 Å². The second-order valence-corrected chi connectivity index (χ2v) is 5.04. The summed E-state index contributed by atoms with van der Waals surface area (Å²) >= 11 is 0. The van der Waals surface area contributed by atoms with Crippen molar-refractivity contribution in [2.75, 3.05) is 6.61 Å². The molecule has 0 spiro atoms. The van der Waals surface area contributed by atoms with E-state index >= 15 is 0 Å². The van der Waals surface area contributed by atoms with Crippen LogP contribution >= 0.6 is 0 Å². The van der Waals surface area contributed by atoms with Gasteiger partial charge in [0.1, 0.15) is 5.75 Å². The largest absolute Gasteiger partial charge is 0.494 e. The lowest BCUT2D eigenvalue weighted by Crippen LogP contribution is -2.16. The number of rotatable bonds is 6. The lowest BCUT2D eigenvalue weighted by molar-refractivity contribution is 0.300. The first-order valence-electron chi connectivity index (χ1n) is 7.44. The highest BCUT2D eigenvalue weighted by Crippen LogP contribution is 2.13. The molecule has 0 radical (unpaired) electrons. The van der Waals surface area contributed by atoms with E-state index < -0.39 is 0 Å². The summed E-state index contributed by atoms with van der Waals surface area (Å²) in [5, 5.41) is 0. The van der Waals surface area contributed by atoms with Crippen molar-refractivity contribution in [2.24, 2.45) is 0 Å². The third kappa shape index (κ3) is 3.03. The molecule has 0 bridgehead atoms. The Balaban J connectivity index is 1.58. The molecule has 0 aliphatic heterocycles. The topological polar surface area (TPSA) is 57.3 Å². The fourth-order valence-electron chi connectivity index (χ4n) is 2.33. The standard InChI is InChI=1S/C17H18N2O3/c1-2-13-6-8-14(9-7-13)21-12-4-11-19-16-15(22-17(19)20)5-3-10-18-16/h3,5-10H,2,4,11-12H2,1H3. The zero-order chi connectivity index (χ0) is 15.4. The molecule has 0 atom stereocenters. The van der Waals surface area contributed by atoms with Gasteiger partial charge in [0.05, 0.1) is 6.61 Å². The quantitative estimate of drug-likeness (QED) is 0.656. The third-order valence-corrected chi connectivity index (χ3v) is 3.55. The van der Waals surface area contributed by atoms with Gasteiger partial charge in [-0.2, -0.15) is 0 Å². The minimum atomic E-state index is -0.374. The number of nitrogens with zero attached hydrogens (tertiary/aromatic N) is 2. The van der Waals surface area contributed by atoms with Crippen molar-refractivity contribution in [3.63, 3.8) is 0 Å². The fraction of sp³-hybridized carbons (Fsp3) is 0.294. The molecular formula is C17H18N2O3. The highest BCUT2D eigenvalue weighted by Gasteiger charge is 2.09. The molecule has 0 unspecified atom stereocenters. The SMILES string of the molecule is CCc1ccc(OCCCn2c(=O)oc3cccnc32)cc1. The summed E-state index contributed by atoms with van der Waals surface area (Å²) < 4.78 is 12.4. The summed E-state index contributed by atoms with van der Waals surface area (Å²) in [5.41, 5.74) is 2.39. The number of ether oxygens (including phenoxy) is 1. The molecule has 114 valence electrons. The van der Waals surface area contributed by atoms with E-state index in [9.17, 15) is 4.79 Å². The van der Waals surface area contributed by atoms with Gasteiger partial charge in [-0.25, -0.2) is 9.78 Å². The van der Waals surface area contributed by atoms with Crippen molar-refractivity contribution >= 4 is 11.2 Å². The zero-order valence-electron chi connectivity index (χ0n) is 12.5. The Bertz CT molecular complexity index is 803. The summed E-state index contributed by atoms with van der Waals surface area (Å²) in [6.07, 6.45) is 3.38. The van der Waals surface area contributed by atoms with Gasteiger partial charge in [-0.1, -0.05) is 19.1 Å². The lowest BCUT2D eigenvalue weighted by atomic mass is 10.2. The van der Waals surface area contributed by atoms with Crippen molar-refractivity contribution in [1.82, 2.24) is 9.55 Å². The molecule has 2 heterocycles. The molecule has 5 heteroatoms. The maximum Gasteiger partial charge on any atom is 0.421 e. The Hall–Kier alpha value is -2.56. The molecule has 3 rings (SSSR count). The van der Waals surface area contributed by atoms with Crippen LogP contribution in [0.3, 0.4) is 0 Å². The second kappa shape index (κ2) is 6.47. The number of benzene rings is 1. The molecule has 5 nitrogen and oxygen atoms in total. The Morgan fingerprint density at radius 3 is 2.82 bits per heavy atom. The second-order valence-electron chi connectivity index (χ2n) is 5.04. The third-order valence-electron chi connectivity index (χ3n) is 3.55. The predicted molar refractivity (Wildman–Crippen MR) is 84.2 cm³/mol. The summed E-state index contributed by atoms with van der Waals surface area (Å²) in [4.78, 5) is 16.0. The number of pyridine rings is 1. The highest BCUT2D eigenvalue weighted by molar-refractivity contribution is 5.67. The van der Waals surface area contributed by atoms with E-state index in [-0.39, 0.29) is 5.76 Å². The summed E-state index contributed by atoms with van der Waals surface area (Å²) in [7, 11) is 0. The van der Waals surface area contributed by atoms with E-state index in [0.717, 1.165) is 12.2 Å². The Labute approximate surface area is 128 Å². The number of hydrogen-bond acceptors (Lipinski definition) is 4. The molecule has 0 N–H and O–H groups in total. The van der Waals surface area contributed by atoms with E-state index in [1.165, 1.54) is 5.56 Å². The summed E-state index contributed by atoms with van der Waals surface area (Å²) in [6.45, 7) is 3.18. The van der Waals surface area contributed by atoms with Gasteiger partial charge < -0.3 is 9.15 Å². The molecule has 1 aromatic carbocycles. The monoisotopic (exact) mass is 298 g/mol. The van der Waals surface area contributed by atoms with Gasteiger partial charge in [0.25, 0.3) is 0 Å². The average molecular weight is 298 g/mol. The number of fused-ring (bicyclic) bond motifs is 1. The molecule has 0 amide bonds. The van der Waals surface area contributed by atoms with Gasteiger partial charge in [0.2, 0.25) is 0 Å². The van der Waals surface area contributed by atoms with Crippen LogP contribution in [0.1, 0.15) is 18.9 Å². The Morgan fingerprint density at radius 2 is 2.05 bits per heavy atom. The van der Waals surface area contributed by atoms with Crippen molar-refractivity contribution in [3.8, 4) is 5.75 Å².